The van der Waals surface area contributed by atoms with Crippen molar-refractivity contribution in [3.8, 4) is 0 Å². The van der Waals surface area contributed by atoms with E-state index < -0.39 is 0 Å². The van der Waals surface area contributed by atoms with Gasteiger partial charge in [-0.25, -0.2) is 4.68 Å². The van der Waals surface area contributed by atoms with Crippen LogP contribution < -0.4 is 0 Å². The fourth-order valence-electron chi connectivity index (χ4n) is 5.02. The Hall–Kier alpha value is -3.16. The van der Waals surface area contributed by atoms with Crippen LogP contribution in [-0.2, 0) is 6.54 Å². The van der Waals surface area contributed by atoms with Gasteiger partial charge in [0.15, 0.2) is 5.82 Å². The molecule has 3 heterocycles. The van der Waals surface area contributed by atoms with Gasteiger partial charge in [-0.2, -0.15) is 0 Å². The first kappa shape index (κ1) is 23.6. The van der Waals surface area contributed by atoms with E-state index in [0.29, 0.717) is 0 Å². The summed E-state index contributed by atoms with van der Waals surface area (Å²) in [7, 11) is 0. The van der Waals surface area contributed by atoms with E-state index in [1.807, 2.05) is 41.2 Å². The van der Waals surface area contributed by atoms with Crippen LogP contribution >= 0.6 is 0 Å². The Kier molecular flexibility index (Phi) is 7.75. The molecule has 6 rings (SSSR count). The molecule has 2 aliphatic rings. The number of benzene rings is 2. The topological polar surface area (TPSA) is 63.0 Å². The normalized spacial score (nSPS) is 18.3. The molecule has 2 aromatic heterocycles. The van der Waals surface area contributed by atoms with Gasteiger partial charge in [0, 0.05) is 37.3 Å². The molecule has 7 nitrogen and oxygen atoms in total. The first-order chi connectivity index (χ1) is 17.3. The lowest BCUT2D eigenvalue weighted by molar-refractivity contribution is 0.126. The van der Waals surface area contributed by atoms with Crippen LogP contribution in [0.25, 0.3) is 10.9 Å². The van der Waals surface area contributed by atoms with E-state index >= 15 is 0 Å². The van der Waals surface area contributed by atoms with E-state index in [2.05, 4.69) is 73.6 Å². The molecule has 4 aromatic rings. The molecule has 0 amide bonds. The second-order valence-corrected chi connectivity index (χ2v) is 9.56. The summed E-state index contributed by atoms with van der Waals surface area (Å²) in [6.45, 7) is 7.62. The third-order valence-corrected chi connectivity index (χ3v) is 7.32. The summed E-state index contributed by atoms with van der Waals surface area (Å²) < 4.78 is 1.95. The van der Waals surface area contributed by atoms with Gasteiger partial charge >= 0.3 is 0 Å². The average molecular weight is 470 g/mol. The molecule has 1 unspecified atom stereocenters. The Balaban J connectivity index is 0.000000211. The number of aromatic nitrogens is 5. The third-order valence-electron chi connectivity index (χ3n) is 7.32. The van der Waals surface area contributed by atoms with Gasteiger partial charge in [-0.15, -0.1) is 5.10 Å². The van der Waals surface area contributed by atoms with E-state index in [1.165, 1.54) is 49.7 Å². The van der Waals surface area contributed by atoms with Gasteiger partial charge in [-0.05, 0) is 60.9 Å². The Labute approximate surface area is 207 Å². The Bertz CT molecular complexity index is 1120. The number of para-hydroxylation sites is 1. The zero-order valence-electron chi connectivity index (χ0n) is 20.6. The van der Waals surface area contributed by atoms with Crippen molar-refractivity contribution in [3.05, 3.63) is 84.3 Å². The minimum Gasteiger partial charge on any atom is -0.299 e. The maximum absolute atomic E-state index is 4.35. The maximum atomic E-state index is 4.35. The zero-order valence-corrected chi connectivity index (χ0v) is 20.6. The minimum atomic E-state index is 0.250. The predicted molar refractivity (Wildman–Crippen MR) is 139 cm³/mol. The molecule has 1 aliphatic heterocycles. The summed E-state index contributed by atoms with van der Waals surface area (Å²) in [5, 5.41) is 13.7. The summed E-state index contributed by atoms with van der Waals surface area (Å²) in [6.07, 6.45) is 7.24. The average Bonchev–Trinajstić information content (AvgIpc) is 3.20. The van der Waals surface area contributed by atoms with Crippen molar-refractivity contribution in [1.82, 2.24) is 35.0 Å². The number of nitrogens with zero attached hydrogens (tertiary/aromatic N) is 7. The molecule has 0 bridgehead atoms. The van der Waals surface area contributed by atoms with Crippen LogP contribution in [0, 0.1) is 0 Å². The van der Waals surface area contributed by atoms with Crippen LogP contribution in [-0.4, -0.2) is 67.2 Å². The summed E-state index contributed by atoms with van der Waals surface area (Å²) in [4.78, 5) is 9.43. The second-order valence-electron chi connectivity index (χ2n) is 9.56. The van der Waals surface area contributed by atoms with Crippen LogP contribution in [0.2, 0.25) is 0 Å². The van der Waals surface area contributed by atoms with Gasteiger partial charge in [0.2, 0.25) is 0 Å². The SMILES string of the molecule is CC(c1nnnn1Cc1ccccc1)N1CCCN(C2CCC2)CC1.c1ccc2ncccc2c1. The monoisotopic (exact) mass is 469 g/mol. The van der Waals surface area contributed by atoms with Crippen molar-refractivity contribution in [3.63, 3.8) is 0 Å². The fourth-order valence-corrected chi connectivity index (χ4v) is 5.02. The Morgan fingerprint density at radius 1 is 0.857 bits per heavy atom. The van der Waals surface area contributed by atoms with Crippen molar-refractivity contribution in [2.75, 3.05) is 26.2 Å². The van der Waals surface area contributed by atoms with Crippen molar-refractivity contribution in [1.29, 1.82) is 0 Å². The first-order valence-electron chi connectivity index (χ1n) is 12.9. The highest BCUT2D eigenvalue weighted by atomic mass is 15.5. The first-order valence-corrected chi connectivity index (χ1v) is 12.9. The smallest absolute Gasteiger partial charge is 0.168 e. The van der Waals surface area contributed by atoms with Gasteiger partial charge < -0.3 is 0 Å². The molecule has 2 fully saturated rings. The fraction of sp³-hybridized carbons (Fsp3) is 0.429. The van der Waals surface area contributed by atoms with Gasteiger partial charge in [0.25, 0.3) is 0 Å². The van der Waals surface area contributed by atoms with Crippen LogP contribution in [0.5, 0.6) is 0 Å². The highest BCUT2D eigenvalue weighted by Crippen LogP contribution is 2.27. The Morgan fingerprint density at radius 2 is 1.66 bits per heavy atom. The molecule has 7 heteroatoms. The number of tetrazole rings is 1. The molecule has 1 saturated carbocycles. The van der Waals surface area contributed by atoms with Crippen molar-refractivity contribution in [2.45, 2.75) is 51.2 Å². The van der Waals surface area contributed by atoms with E-state index in [0.717, 1.165) is 37.0 Å². The van der Waals surface area contributed by atoms with Gasteiger partial charge in [-0.1, -0.05) is 61.0 Å². The summed E-state index contributed by atoms with van der Waals surface area (Å²) in [5.74, 6) is 0.973. The number of hydrogen-bond acceptors (Lipinski definition) is 6. The van der Waals surface area contributed by atoms with Crippen molar-refractivity contribution >= 4 is 10.9 Å². The van der Waals surface area contributed by atoms with E-state index in [4.69, 9.17) is 0 Å². The molecule has 1 aliphatic carbocycles. The maximum Gasteiger partial charge on any atom is 0.168 e. The van der Waals surface area contributed by atoms with Crippen LogP contribution in [0.4, 0.5) is 0 Å². The van der Waals surface area contributed by atoms with Crippen LogP contribution in [0.3, 0.4) is 0 Å². The lowest BCUT2D eigenvalue weighted by Gasteiger charge is -2.37. The highest BCUT2D eigenvalue weighted by molar-refractivity contribution is 5.77. The zero-order chi connectivity index (χ0) is 23.9. The van der Waals surface area contributed by atoms with Gasteiger partial charge in [0.1, 0.15) is 0 Å². The van der Waals surface area contributed by atoms with Crippen molar-refractivity contribution < 1.29 is 0 Å². The third kappa shape index (κ3) is 5.92. The molecule has 1 saturated heterocycles. The van der Waals surface area contributed by atoms with Gasteiger partial charge in [0.05, 0.1) is 18.1 Å². The molecule has 182 valence electrons. The lowest BCUT2D eigenvalue weighted by atomic mass is 9.91. The quantitative estimate of drug-likeness (QED) is 0.426. The molecule has 2 aromatic carbocycles. The molecule has 0 N–H and O–H groups in total. The number of pyridine rings is 1. The van der Waals surface area contributed by atoms with Gasteiger partial charge in [-0.3, -0.25) is 14.8 Å². The summed E-state index contributed by atoms with van der Waals surface area (Å²) in [5.41, 5.74) is 2.29. The molecule has 0 radical (unpaired) electrons. The Morgan fingerprint density at radius 3 is 2.46 bits per heavy atom. The molecular weight excluding hydrogens is 434 g/mol. The van der Waals surface area contributed by atoms with Crippen LogP contribution in [0.1, 0.15) is 50.0 Å². The summed E-state index contributed by atoms with van der Waals surface area (Å²) >= 11 is 0. The molecule has 0 spiro atoms. The molecule has 1 atom stereocenters. The number of fused-ring (bicyclic) bond motifs is 1. The predicted octanol–water partition coefficient (Wildman–Crippen LogP) is 4.58. The van der Waals surface area contributed by atoms with Crippen molar-refractivity contribution in [2.24, 2.45) is 0 Å². The minimum absolute atomic E-state index is 0.250. The number of hydrogen-bond donors (Lipinski definition) is 0. The molecular formula is C28H35N7. The standard InChI is InChI=1S/C19H28N6.C9H7N/c1-16(23-11-6-12-24(14-13-23)18-9-5-10-18)19-20-21-22-25(19)15-17-7-3-2-4-8-17;1-2-6-9-8(4-1)5-3-7-10-9/h2-4,7-8,16,18H,5-6,9-15H2,1H3;1-7H. The summed E-state index contributed by atoms with van der Waals surface area (Å²) in [6, 6.07) is 23.6. The highest BCUT2D eigenvalue weighted by Gasteiger charge is 2.29. The van der Waals surface area contributed by atoms with E-state index in [9.17, 15) is 0 Å². The van der Waals surface area contributed by atoms with Crippen LogP contribution in [0.15, 0.2) is 72.9 Å². The lowest BCUT2D eigenvalue weighted by Crippen LogP contribution is -2.42. The number of rotatable bonds is 5. The van der Waals surface area contributed by atoms with E-state index in [1.54, 1.807) is 0 Å². The molecule has 35 heavy (non-hydrogen) atoms. The van der Waals surface area contributed by atoms with E-state index in [-0.39, 0.29) is 6.04 Å². The largest absolute Gasteiger partial charge is 0.299 e. The second kappa shape index (κ2) is 11.5.